The van der Waals surface area contributed by atoms with E-state index in [2.05, 4.69) is 9.98 Å². The Morgan fingerprint density at radius 3 is 2.41 bits per heavy atom. The monoisotopic (exact) mass is 329 g/mol. The number of guanidine groups is 2. The van der Waals surface area contributed by atoms with Gasteiger partial charge in [0, 0.05) is 6.07 Å². The SMILES string of the molecule is Cl.NC1=NC2(CCCCC2)N(c2ccc(F)cc2F)C(N)=N1. The van der Waals surface area contributed by atoms with Crippen molar-refractivity contribution in [1.82, 2.24) is 0 Å². The van der Waals surface area contributed by atoms with Crippen molar-refractivity contribution in [1.29, 1.82) is 0 Å². The lowest BCUT2D eigenvalue weighted by Gasteiger charge is -2.45. The summed E-state index contributed by atoms with van der Waals surface area (Å²) in [6.07, 6.45) is 4.40. The number of rotatable bonds is 1. The van der Waals surface area contributed by atoms with Gasteiger partial charge in [0.05, 0.1) is 5.69 Å². The summed E-state index contributed by atoms with van der Waals surface area (Å²) in [7, 11) is 0. The summed E-state index contributed by atoms with van der Waals surface area (Å²) in [5.41, 5.74) is 11.2. The standard InChI is InChI=1S/C14H17F2N5.ClH/c15-9-4-5-11(10(16)8-9)21-13(18)19-12(17)20-14(21)6-2-1-3-7-14;/h4-5,8H,1-3,6-7H2,(H4,17,18,19,20);1H. The third kappa shape index (κ3) is 2.72. The van der Waals surface area contributed by atoms with Crippen LogP contribution in [0.3, 0.4) is 0 Å². The van der Waals surface area contributed by atoms with Gasteiger partial charge in [0.1, 0.15) is 17.3 Å². The van der Waals surface area contributed by atoms with Crippen LogP contribution in [0.4, 0.5) is 14.5 Å². The molecule has 0 atom stereocenters. The molecule has 3 rings (SSSR count). The highest BCUT2D eigenvalue weighted by atomic mass is 35.5. The van der Waals surface area contributed by atoms with Crippen LogP contribution in [0.15, 0.2) is 28.2 Å². The van der Waals surface area contributed by atoms with Gasteiger partial charge >= 0.3 is 0 Å². The number of anilines is 1. The van der Waals surface area contributed by atoms with Gasteiger partial charge in [0.15, 0.2) is 0 Å². The molecule has 1 spiro atoms. The molecule has 0 saturated heterocycles. The van der Waals surface area contributed by atoms with Gasteiger partial charge < -0.3 is 11.5 Å². The Balaban J connectivity index is 0.00000176. The van der Waals surface area contributed by atoms with Crippen LogP contribution in [0, 0.1) is 11.6 Å². The lowest BCUT2D eigenvalue weighted by atomic mass is 9.87. The molecule has 1 heterocycles. The largest absolute Gasteiger partial charge is 0.369 e. The summed E-state index contributed by atoms with van der Waals surface area (Å²) >= 11 is 0. The highest BCUT2D eigenvalue weighted by Gasteiger charge is 2.43. The van der Waals surface area contributed by atoms with Crippen molar-refractivity contribution in [2.24, 2.45) is 21.5 Å². The number of halogens is 3. The lowest BCUT2D eigenvalue weighted by molar-refractivity contribution is 0.304. The summed E-state index contributed by atoms with van der Waals surface area (Å²) in [5, 5.41) is 0. The molecule has 2 aliphatic rings. The van der Waals surface area contributed by atoms with Crippen molar-refractivity contribution < 1.29 is 8.78 Å². The second-order valence-corrected chi connectivity index (χ2v) is 5.41. The predicted octanol–water partition coefficient (Wildman–Crippen LogP) is 2.50. The van der Waals surface area contributed by atoms with Crippen molar-refractivity contribution >= 4 is 30.0 Å². The normalized spacial score (nSPS) is 20.2. The molecule has 1 aromatic rings. The van der Waals surface area contributed by atoms with Crippen molar-refractivity contribution in [2.45, 2.75) is 37.8 Å². The molecule has 1 aliphatic carbocycles. The smallest absolute Gasteiger partial charge is 0.220 e. The average Bonchev–Trinajstić information content (AvgIpc) is 2.41. The highest BCUT2D eigenvalue weighted by Crippen LogP contribution is 2.40. The average molecular weight is 330 g/mol. The maximum Gasteiger partial charge on any atom is 0.220 e. The Hall–Kier alpha value is -1.89. The molecule has 0 unspecified atom stereocenters. The zero-order valence-electron chi connectivity index (χ0n) is 11.9. The molecule has 0 aromatic heterocycles. The van der Waals surface area contributed by atoms with E-state index in [1.807, 2.05) is 0 Å². The van der Waals surface area contributed by atoms with E-state index < -0.39 is 17.3 Å². The van der Waals surface area contributed by atoms with Crippen LogP contribution in [0.5, 0.6) is 0 Å². The molecule has 22 heavy (non-hydrogen) atoms. The zero-order valence-corrected chi connectivity index (χ0v) is 12.7. The molecule has 4 N–H and O–H groups in total. The highest BCUT2D eigenvalue weighted by molar-refractivity contribution is 6.05. The van der Waals surface area contributed by atoms with E-state index in [4.69, 9.17) is 11.5 Å². The van der Waals surface area contributed by atoms with E-state index in [0.29, 0.717) is 12.8 Å². The lowest BCUT2D eigenvalue weighted by Crippen LogP contribution is -2.58. The van der Waals surface area contributed by atoms with Crippen LogP contribution in [0.1, 0.15) is 32.1 Å². The van der Waals surface area contributed by atoms with Crippen LogP contribution >= 0.6 is 12.4 Å². The quantitative estimate of drug-likeness (QED) is 0.830. The summed E-state index contributed by atoms with van der Waals surface area (Å²) < 4.78 is 27.3. The molecule has 1 saturated carbocycles. The van der Waals surface area contributed by atoms with Gasteiger partial charge in [0.2, 0.25) is 11.9 Å². The Morgan fingerprint density at radius 2 is 1.77 bits per heavy atom. The van der Waals surface area contributed by atoms with Crippen molar-refractivity contribution in [3.05, 3.63) is 29.8 Å². The maximum absolute atomic E-state index is 14.2. The summed E-state index contributed by atoms with van der Waals surface area (Å²) in [4.78, 5) is 9.93. The third-order valence-corrected chi connectivity index (χ3v) is 4.00. The topological polar surface area (TPSA) is 80.0 Å². The number of nitrogens with two attached hydrogens (primary N) is 2. The van der Waals surface area contributed by atoms with Crippen molar-refractivity contribution in [2.75, 3.05) is 4.90 Å². The zero-order chi connectivity index (χ0) is 15.0. The van der Waals surface area contributed by atoms with E-state index in [1.54, 1.807) is 4.90 Å². The molecule has 0 bridgehead atoms. The number of nitrogens with zero attached hydrogens (tertiary/aromatic N) is 3. The number of benzene rings is 1. The molecule has 120 valence electrons. The maximum atomic E-state index is 14.2. The van der Waals surface area contributed by atoms with Crippen LogP contribution < -0.4 is 16.4 Å². The first-order chi connectivity index (χ1) is 10.0. The van der Waals surface area contributed by atoms with E-state index in [-0.39, 0.29) is 30.0 Å². The van der Waals surface area contributed by atoms with E-state index in [9.17, 15) is 8.78 Å². The Morgan fingerprint density at radius 1 is 1.09 bits per heavy atom. The number of hydrogen-bond donors (Lipinski definition) is 2. The molecule has 0 radical (unpaired) electrons. The minimum atomic E-state index is -0.715. The Bertz CT molecular complexity index is 626. The fourth-order valence-electron chi connectivity index (χ4n) is 3.13. The van der Waals surface area contributed by atoms with Gasteiger partial charge in [-0.1, -0.05) is 6.42 Å². The first-order valence-electron chi connectivity index (χ1n) is 6.97. The van der Waals surface area contributed by atoms with Gasteiger partial charge in [-0.05, 0) is 37.8 Å². The van der Waals surface area contributed by atoms with Crippen LogP contribution in [0.25, 0.3) is 0 Å². The third-order valence-electron chi connectivity index (χ3n) is 4.00. The van der Waals surface area contributed by atoms with Crippen LogP contribution in [-0.2, 0) is 0 Å². The molecule has 1 aliphatic heterocycles. The van der Waals surface area contributed by atoms with Crippen molar-refractivity contribution in [3.63, 3.8) is 0 Å². The fraction of sp³-hybridized carbons (Fsp3) is 0.429. The van der Waals surface area contributed by atoms with Gasteiger partial charge in [-0.25, -0.2) is 13.8 Å². The number of aliphatic imine (C=N–C) groups is 2. The van der Waals surface area contributed by atoms with E-state index >= 15 is 0 Å². The summed E-state index contributed by atoms with van der Waals surface area (Å²) in [6, 6.07) is 3.39. The minimum absolute atomic E-state index is 0. The molecular weight excluding hydrogens is 312 g/mol. The first-order valence-corrected chi connectivity index (χ1v) is 6.97. The van der Waals surface area contributed by atoms with E-state index in [1.165, 1.54) is 12.1 Å². The number of hydrogen-bond acceptors (Lipinski definition) is 5. The van der Waals surface area contributed by atoms with Crippen molar-refractivity contribution in [3.8, 4) is 0 Å². The molecule has 5 nitrogen and oxygen atoms in total. The van der Waals surface area contributed by atoms with Crippen LogP contribution in [0.2, 0.25) is 0 Å². The second-order valence-electron chi connectivity index (χ2n) is 5.41. The van der Waals surface area contributed by atoms with Gasteiger partial charge in [-0.3, -0.25) is 4.90 Å². The molecular formula is C14H18ClF2N5. The minimum Gasteiger partial charge on any atom is -0.369 e. The van der Waals surface area contributed by atoms with E-state index in [0.717, 1.165) is 25.3 Å². The Labute approximate surface area is 133 Å². The second kappa shape index (κ2) is 6.08. The predicted molar refractivity (Wildman–Crippen MR) is 85.1 cm³/mol. The first kappa shape index (κ1) is 16.5. The molecule has 8 heteroatoms. The Kier molecular flexibility index (Phi) is 4.55. The van der Waals surface area contributed by atoms with Gasteiger partial charge in [-0.15, -0.1) is 12.4 Å². The van der Waals surface area contributed by atoms with Crippen LogP contribution in [-0.4, -0.2) is 17.6 Å². The summed E-state index contributed by atoms with van der Waals surface area (Å²) in [6.45, 7) is 0. The fourth-order valence-corrected chi connectivity index (χ4v) is 3.13. The molecule has 0 amide bonds. The van der Waals surface area contributed by atoms with Gasteiger partial charge in [-0.2, -0.15) is 4.99 Å². The molecule has 1 aromatic carbocycles. The summed E-state index contributed by atoms with van der Waals surface area (Å²) in [5.74, 6) is -1.12. The molecule has 1 fully saturated rings. The van der Waals surface area contributed by atoms with Gasteiger partial charge in [0.25, 0.3) is 0 Å².